The molecule has 0 atom stereocenters. The predicted octanol–water partition coefficient (Wildman–Crippen LogP) is 4.21. The summed E-state index contributed by atoms with van der Waals surface area (Å²) in [6, 6.07) is 18.6. The van der Waals surface area contributed by atoms with Crippen molar-refractivity contribution in [3.63, 3.8) is 0 Å². The van der Waals surface area contributed by atoms with Crippen molar-refractivity contribution >= 4 is 23.0 Å². The monoisotopic (exact) mass is 359 g/mol. The van der Waals surface area contributed by atoms with Gasteiger partial charge in [0.1, 0.15) is 5.82 Å². The molecule has 1 N–H and O–H groups in total. The van der Waals surface area contributed by atoms with Crippen LogP contribution in [0.3, 0.4) is 0 Å². The maximum Gasteiger partial charge on any atom is 0.223 e. The zero-order valence-electron chi connectivity index (χ0n) is 15.5. The molecule has 4 heteroatoms. The molecule has 1 aliphatic rings. The third-order valence-corrected chi connectivity index (χ3v) is 4.96. The van der Waals surface area contributed by atoms with Crippen molar-refractivity contribution in [2.45, 2.75) is 32.2 Å². The molecular weight excluding hydrogens is 334 g/mol. The fourth-order valence-electron chi connectivity index (χ4n) is 3.33. The molecule has 4 nitrogen and oxygen atoms in total. The minimum atomic E-state index is 0.217. The lowest BCUT2D eigenvalue weighted by Crippen LogP contribution is -2.26. The van der Waals surface area contributed by atoms with Gasteiger partial charge in [-0.3, -0.25) is 4.79 Å². The summed E-state index contributed by atoms with van der Waals surface area (Å²) in [6.45, 7) is 1.51. The van der Waals surface area contributed by atoms with E-state index in [2.05, 4.69) is 52.4 Å². The van der Waals surface area contributed by atoms with Crippen LogP contribution in [0.15, 0.2) is 60.7 Å². The van der Waals surface area contributed by atoms with E-state index >= 15 is 0 Å². The number of imidazole rings is 1. The van der Waals surface area contributed by atoms with Crippen LogP contribution in [-0.4, -0.2) is 22.0 Å². The molecule has 1 aromatic heterocycles. The number of aryl methyl sites for hydroxylation is 1. The van der Waals surface area contributed by atoms with Gasteiger partial charge in [-0.05, 0) is 37.0 Å². The molecule has 138 valence electrons. The Morgan fingerprint density at radius 1 is 1.11 bits per heavy atom. The zero-order chi connectivity index (χ0) is 18.5. The summed E-state index contributed by atoms with van der Waals surface area (Å²) in [4.78, 5) is 16.6. The first-order valence-electron chi connectivity index (χ1n) is 9.75. The van der Waals surface area contributed by atoms with Gasteiger partial charge >= 0.3 is 0 Å². The fourth-order valence-corrected chi connectivity index (χ4v) is 3.33. The van der Waals surface area contributed by atoms with Gasteiger partial charge in [0.25, 0.3) is 0 Å². The van der Waals surface area contributed by atoms with E-state index in [9.17, 15) is 4.79 Å². The molecular formula is C23H25N3O. The lowest BCUT2D eigenvalue weighted by Gasteiger charge is -2.07. The van der Waals surface area contributed by atoms with Crippen molar-refractivity contribution in [3.05, 3.63) is 72.1 Å². The van der Waals surface area contributed by atoms with Gasteiger partial charge in [-0.25, -0.2) is 4.98 Å². The Hall–Kier alpha value is -2.88. The smallest absolute Gasteiger partial charge is 0.223 e. The number of hydrogen-bond acceptors (Lipinski definition) is 2. The van der Waals surface area contributed by atoms with E-state index in [1.807, 2.05) is 24.3 Å². The summed E-state index contributed by atoms with van der Waals surface area (Å²) in [6.07, 6.45) is 8.20. The van der Waals surface area contributed by atoms with Crippen molar-refractivity contribution < 1.29 is 4.79 Å². The van der Waals surface area contributed by atoms with Gasteiger partial charge in [0.05, 0.1) is 11.0 Å². The van der Waals surface area contributed by atoms with Crippen LogP contribution in [0.4, 0.5) is 0 Å². The summed E-state index contributed by atoms with van der Waals surface area (Å²) in [5.74, 6) is 1.57. The lowest BCUT2D eigenvalue weighted by molar-refractivity contribution is -0.122. The van der Waals surface area contributed by atoms with E-state index in [1.165, 1.54) is 5.56 Å². The zero-order valence-corrected chi connectivity index (χ0v) is 15.5. The lowest BCUT2D eigenvalue weighted by atomic mass is 10.2. The number of carbonyl (C=O) groups excluding carboxylic acids is 1. The molecule has 3 aromatic rings. The van der Waals surface area contributed by atoms with Crippen molar-refractivity contribution in [2.75, 3.05) is 6.54 Å². The Kier molecular flexibility index (Phi) is 5.33. The quantitative estimate of drug-likeness (QED) is 0.613. The Morgan fingerprint density at radius 3 is 2.70 bits per heavy atom. The second-order valence-electron chi connectivity index (χ2n) is 7.11. The highest BCUT2D eigenvalue weighted by molar-refractivity contribution is 5.80. The van der Waals surface area contributed by atoms with E-state index in [0.29, 0.717) is 0 Å². The Balaban J connectivity index is 1.43. The van der Waals surface area contributed by atoms with Gasteiger partial charge < -0.3 is 9.88 Å². The summed E-state index contributed by atoms with van der Waals surface area (Å²) >= 11 is 0. The molecule has 0 aliphatic heterocycles. The van der Waals surface area contributed by atoms with E-state index in [1.54, 1.807) is 0 Å². The number of nitrogens with one attached hydrogen (secondary N) is 1. The number of allylic oxidation sites excluding steroid dienone is 1. The molecule has 1 heterocycles. The number of amides is 1. The summed E-state index contributed by atoms with van der Waals surface area (Å²) in [5.41, 5.74) is 3.39. The van der Waals surface area contributed by atoms with Crippen molar-refractivity contribution in [3.8, 4) is 0 Å². The largest absolute Gasteiger partial charge is 0.356 e. The van der Waals surface area contributed by atoms with Crippen LogP contribution in [0, 0.1) is 5.92 Å². The molecule has 0 unspecified atom stereocenters. The maximum atomic E-state index is 11.8. The number of benzene rings is 2. The maximum absolute atomic E-state index is 11.8. The summed E-state index contributed by atoms with van der Waals surface area (Å²) in [5, 5.41) is 3.04. The van der Waals surface area contributed by atoms with Crippen LogP contribution in [0.1, 0.15) is 30.7 Å². The normalized spacial score (nSPS) is 14.1. The first-order chi connectivity index (χ1) is 13.3. The van der Waals surface area contributed by atoms with Crippen molar-refractivity contribution in [1.82, 2.24) is 14.9 Å². The van der Waals surface area contributed by atoms with Crippen LogP contribution in [0.5, 0.6) is 0 Å². The average molecular weight is 359 g/mol. The Labute approximate surface area is 159 Å². The molecule has 1 fully saturated rings. The van der Waals surface area contributed by atoms with Gasteiger partial charge in [-0.2, -0.15) is 0 Å². The molecule has 0 radical (unpaired) electrons. The van der Waals surface area contributed by atoms with Crippen LogP contribution in [0.2, 0.25) is 0 Å². The number of aromatic nitrogens is 2. The highest BCUT2D eigenvalue weighted by atomic mass is 16.2. The van der Waals surface area contributed by atoms with Crippen LogP contribution in [0.25, 0.3) is 17.1 Å². The number of fused-ring (bicyclic) bond motifs is 1. The first-order valence-corrected chi connectivity index (χ1v) is 9.75. The van der Waals surface area contributed by atoms with Gasteiger partial charge in [0.2, 0.25) is 5.91 Å². The number of hydrogen-bond donors (Lipinski definition) is 1. The molecule has 2 aromatic carbocycles. The van der Waals surface area contributed by atoms with E-state index in [4.69, 9.17) is 4.98 Å². The predicted molar refractivity (Wildman–Crippen MR) is 109 cm³/mol. The molecule has 1 aliphatic carbocycles. The molecule has 27 heavy (non-hydrogen) atoms. The molecule has 1 amide bonds. The Morgan fingerprint density at radius 2 is 1.89 bits per heavy atom. The van der Waals surface area contributed by atoms with Gasteiger partial charge in [0, 0.05) is 25.4 Å². The Bertz CT molecular complexity index is 939. The average Bonchev–Trinajstić information content (AvgIpc) is 3.49. The van der Waals surface area contributed by atoms with Crippen LogP contribution >= 0.6 is 0 Å². The highest BCUT2D eigenvalue weighted by Gasteiger charge is 2.28. The third kappa shape index (κ3) is 4.45. The highest BCUT2D eigenvalue weighted by Crippen LogP contribution is 2.28. The van der Waals surface area contributed by atoms with Crippen molar-refractivity contribution in [2.24, 2.45) is 5.92 Å². The molecule has 0 saturated heterocycles. The minimum Gasteiger partial charge on any atom is -0.356 e. The number of nitrogens with zero attached hydrogens (tertiary/aromatic N) is 2. The minimum absolute atomic E-state index is 0.217. The summed E-state index contributed by atoms with van der Waals surface area (Å²) < 4.78 is 2.28. The third-order valence-electron chi connectivity index (χ3n) is 4.96. The van der Waals surface area contributed by atoms with Gasteiger partial charge in [-0.1, -0.05) is 54.6 Å². The van der Waals surface area contributed by atoms with Gasteiger partial charge in [-0.15, -0.1) is 0 Å². The van der Waals surface area contributed by atoms with E-state index in [-0.39, 0.29) is 11.8 Å². The molecule has 1 saturated carbocycles. The second kappa shape index (κ2) is 8.21. The number of carbonyl (C=O) groups is 1. The summed E-state index contributed by atoms with van der Waals surface area (Å²) in [7, 11) is 0. The van der Waals surface area contributed by atoms with E-state index in [0.717, 1.165) is 55.6 Å². The van der Waals surface area contributed by atoms with Crippen LogP contribution < -0.4 is 5.32 Å². The van der Waals surface area contributed by atoms with E-state index < -0.39 is 0 Å². The molecule has 4 rings (SSSR count). The van der Waals surface area contributed by atoms with Gasteiger partial charge in [0.15, 0.2) is 0 Å². The molecule has 0 spiro atoms. The fraction of sp³-hybridized carbons (Fsp3) is 0.304. The van der Waals surface area contributed by atoms with Crippen LogP contribution in [-0.2, 0) is 17.8 Å². The number of para-hydroxylation sites is 2. The SMILES string of the molecule is O=C(NCCCc1nc2ccccc2n1C/C=C/c1ccccc1)C1CC1. The van der Waals surface area contributed by atoms with Crippen molar-refractivity contribution in [1.29, 1.82) is 0 Å². The number of rotatable bonds is 8. The topological polar surface area (TPSA) is 46.9 Å². The second-order valence-corrected chi connectivity index (χ2v) is 7.11. The first kappa shape index (κ1) is 17.5. The molecule has 0 bridgehead atoms. The standard InChI is InChI=1S/C23H25N3O/c27-23(19-14-15-19)24-16-6-13-22-25-20-11-4-5-12-21(20)26(22)17-7-10-18-8-2-1-3-9-18/h1-5,7-12,19H,6,13-17H2,(H,24,27)/b10-7+.